The number of carbonyl (C=O) groups excluding carboxylic acids is 2. The van der Waals surface area contributed by atoms with Gasteiger partial charge in [0.2, 0.25) is 5.91 Å². The first-order valence-corrected chi connectivity index (χ1v) is 7.44. The van der Waals surface area contributed by atoms with Gasteiger partial charge in [-0.2, -0.15) is 0 Å². The van der Waals surface area contributed by atoms with Gasteiger partial charge in [-0.15, -0.1) is 0 Å². The van der Waals surface area contributed by atoms with Gasteiger partial charge in [0.1, 0.15) is 0 Å². The molecule has 1 rings (SSSR count). The second kappa shape index (κ2) is 8.21. The van der Waals surface area contributed by atoms with Gasteiger partial charge in [-0.3, -0.25) is 15.0 Å². The van der Waals surface area contributed by atoms with E-state index < -0.39 is 6.03 Å². The van der Waals surface area contributed by atoms with Crippen LogP contribution in [0.3, 0.4) is 0 Å². The Hall–Kier alpha value is -1.14. The lowest BCUT2D eigenvalue weighted by atomic mass is 9.84. The summed E-state index contributed by atoms with van der Waals surface area (Å²) in [6.07, 6.45) is 4.60. The molecule has 1 saturated carbocycles. The van der Waals surface area contributed by atoms with Crippen LogP contribution in [0.15, 0.2) is 0 Å². The van der Waals surface area contributed by atoms with Crippen LogP contribution in [0.1, 0.15) is 39.5 Å². The van der Waals surface area contributed by atoms with Crippen molar-refractivity contribution in [2.24, 2.45) is 11.7 Å². The van der Waals surface area contributed by atoms with Crippen LogP contribution in [0, 0.1) is 5.92 Å². The lowest BCUT2D eigenvalue weighted by Crippen LogP contribution is -2.50. The van der Waals surface area contributed by atoms with Crippen molar-refractivity contribution < 1.29 is 9.59 Å². The van der Waals surface area contributed by atoms with E-state index in [1.165, 1.54) is 12.8 Å². The number of rotatable bonds is 5. The van der Waals surface area contributed by atoms with Gasteiger partial charge >= 0.3 is 6.03 Å². The molecule has 1 aliphatic carbocycles. The SMILES string of the molecule is CC(C)NC(=O)NC(=O)CN(C)C1CCCCC1CN. The van der Waals surface area contributed by atoms with Gasteiger partial charge in [0, 0.05) is 12.1 Å². The number of imide groups is 1. The fraction of sp³-hybridized carbons (Fsp3) is 0.857. The second-order valence-electron chi connectivity index (χ2n) is 5.94. The van der Waals surface area contributed by atoms with Gasteiger partial charge in [0.05, 0.1) is 6.54 Å². The maximum Gasteiger partial charge on any atom is 0.321 e. The molecule has 2 unspecified atom stereocenters. The molecule has 0 aromatic heterocycles. The van der Waals surface area contributed by atoms with Gasteiger partial charge in [0.15, 0.2) is 0 Å². The fourth-order valence-electron chi connectivity index (χ4n) is 2.85. The topological polar surface area (TPSA) is 87.5 Å². The number of hydrogen-bond acceptors (Lipinski definition) is 4. The minimum atomic E-state index is -0.433. The average Bonchev–Trinajstić information content (AvgIpc) is 2.37. The normalized spacial score (nSPS) is 22.9. The van der Waals surface area contributed by atoms with Crippen LogP contribution in [-0.2, 0) is 4.79 Å². The van der Waals surface area contributed by atoms with Crippen LogP contribution < -0.4 is 16.4 Å². The summed E-state index contributed by atoms with van der Waals surface area (Å²) in [5.41, 5.74) is 5.81. The van der Waals surface area contributed by atoms with Crippen LogP contribution in [0.25, 0.3) is 0 Å². The summed E-state index contributed by atoms with van der Waals surface area (Å²) < 4.78 is 0. The van der Waals surface area contributed by atoms with Crippen molar-refractivity contribution in [3.05, 3.63) is 0 Å². The van der Waals surface area contributed by atoms with E-state index in [0.717, 1.165) is 12.8 Å². The van der Waals surface area contributed by atoms with E-state index in [1.807, 2.05) is 25.8 Å². The number of hydrogen-bond donors (Lipinski definition) is 3. The Morgan fingerprint density at radius 2 is 1.95 bits per heavy atom. The van der Waals surface area contributed by atoms with E-state index in [1.54, 1.807) is 0 Å². The molecule has 0 heterocycles. The Labute approximate surface area is 121 Å². The largest absolute Gasteiger partial charge is 0.336 e. The number of amides is 3. The number of nitrogens with two attached hydrogens (primary N) is 1. The summed E-state index contributed by atoms with van der Waals surface area (Å²) in [6.45, 7) is 4.59. The molecule has 2 atom stereocenters. The van der Waals surface area contributed by atoms with Crippen molar-refractivity contribution in [3.8, 4) is 0 Å². The first kappa shape index (κ1) is 16.9. The number of likely N-dealkylation sites (N-methyl/N-ethyl adjacent to an activating group) is 1. The quantitative estimate of drug-likeness (QED) is 0.692. The molecule has 6 heteroatoms. The molecule has 0 radical (unpaired) electrons. The van der Waals surface area contributed by atoms with E-state index in [2.05, 4.69) is 10.6 Å². The minimum Gasteiger partial charge on any atom is -0.336 e. The Balaban J connectivity index is 2.42. The summed E-state index contributed by atoms with van der Waals surface area (Å²) in [7, 11) is 1.93. The Morgan fingerprint density at radius 1 is 1.30 bits per heavy atom. The highest BCUT2D eigenvalue weighted by Crippen LogP contribution is 2.26. The van der Waals surface area contributed by atoms with Crippen LogP contribution >= 0.6 is 0 Å². The first-order valence-electron chi connectivity index (χ1n) is 7.44. The van der Waals surface area contributed by atoms with Crippen molar-refractivity contribution >= 4 is 11.9 Å². The molecule has 0 bridgehead atoms. The van der Waals surface area contributed by atoms with Crippen LogP contribution in [0.4, 0.5) is 4.79 Å². The lowest BCUT2D eigenvalue weighted by Gasteiger charge is -2.37. The van der Waals surface area contributed by atoms with Crippen LogP contribution in [0.2, 0.25) is 0 Å². The first-order chi connectivity index (χ1) is 9.43. The van der Waals surface area contributed by atoms with Crippen molar-refractivity contribution in [2.45, 2.75) is 51.6 Å². The third-order valence-corrected chi connectivity index (χ3v) is 3.80. The highest BCUT2D eigenvalue weighted by atomic mass is 16.2. The third-order valence-electron chi connectivity index (χ3n) is 3.80. The highest BCUT2D eigenvalue weighted by Gasteiger charge is 2.28. The van der Waals surface area contributed by atoms with E-state index in [-0.39, 0.29) is 18.5 Å². The molecule has 0 aromatic rings. The molecular formula is C14H28N4O2. The van der Waals surface area contributed by atoms with E-state index >= 15 is 0 Å². The molecule has 116 valence electrons. The van der Waals surface area contributed by atoms with Crippen molar-refractivity contribution in [2.75, 3.05) is 20.1 Å². The highest BCUT2D eigenvalue weighted by molar-refractivity contribution is 5.95. The van der Waals surface area contributed by atoms with E-state index in [0.29, 0.717) is 18.5 Å². The van der Waals surface area contributed by atoms with Gasteiger partial charge in [-0.1, -0.05) is 12.8 Å². The molecule has 20 heavy (non-hydrogen) atoms. The smallest absolute Gasteiger partial charge is 0.321 e. The molecule has 0 saturated heterocycles. The maximum atomic E-state index is 11.8. The van der Waals surface area contributed by atoms with Crippen LogP contribution in [-0.4, -0.2) is 49.1 Å². The number of urea groups is 1. The summed E-state index contributed by atoms with van der Waals surface area (Å²) in [6, 6.07) is -0.0782. The standard InChI is InChI=1S/C14H28N4O2/c1-10(2)16-14(20)17-13(19)9-18(3)12-7-5-4-6-11(12)8-15/h10-12H,4-9,15H2,1-3H3,(H2,16,17,19,20). The lowest BCUT2D eigenvalue weighted by molar-refractivity contribution is -0.121. The maximum absolute atomic E-state index is 11.8. The average molecular weight is 284 g/mol. The molecule has 0 aromatic carbocycles. The van der Waals surface area contributed by atoms with Crippen molar-refractivity contribution in [3.63, 3.8) is 0 Å². The molecule has 0 aliphatic heterocycles. The van der Waals surface area contributed by atoms with Crippen molar-refractivity contribution in [1.29, 1.82) is 0 Å². The molecule has 0 spiro atoms. The van der Waals surface area contributed by atoms with Gasteiger partial charge < -0.3 is 11.1 Å². The summed E-state index contributed by atoms with van der Waals surface area (Å²) in [4.78, 5) is 25.3. The zero-order chi connectivity index (χ0) is 15.1. The zero-order valence-electron chi connectivity index (χ0n) is 12.8. The van der Waals surface area contributed by atoms with E-state index in [4.69, 9.17) is 5.73 Å². The predicted octanol–water partition coefficient (Wildman–Crippen LogP) is 0.670. The molecule has 1 aliphatic rings. The van der Waals surface area contributed by atoms with Crippen molar-refractivity contribution in [1.82, 2.24) is 15.5 Å². The zero-order valence-corrected chi connectivity index (χ0v) is 12.8. The third kappa shape index (κ3) is 5.46. The molecule has 3 amide bonds. The van der Waals surface area contributed by atoms with Crippen LogP contribution in [0.5, 0.6) is 0 Å². The van der Waals surface area contributed by atoms with Gasteiger partial charge in [0.25, 0.3) is 0 Å². The Bertz CT molecular complexity index is 333. The molecular weight excluding hydrogens is 256 g/mol. The molecule has 1 fully saturated rings. The molecule has 6 nitrogen and oxygen atoms in total. The van der Waals surface area contributed by atoms with Gasteiger partial charge in [-0.05, 0) is 46.2 Å². The second-order valence-corrected chi connectivity index (χ2v) is 5.94. The summed E-state index contributed by atoms with van der Waals surface area (Å²) in [5, 5.41) is 4.99. The predicted molar refractivity (Wildman–Crippen MR) is 79.2 cm³/mol. The van der Waals surface area contributed by atoms with E-state index in [9.17, 15) is 9.59 Å². The monoisotopic (exact) mass is 284 g/mol. The summed E-state index contributed by atoms with van der Waals surface area (Å²) >= 11 is 0. The summed E-state index contributed by atoms with van der Waals surface area (Å²) in [5.74, 6) is 0.179. The fourth-order valence-corrected chi connectivity index (χ4v) is 2.85. The molecule has 4 N–H and O–H groups in total. The Kier molecular flexibility index (Phi) is 6.95. The number of carbonyl (C=O) groups is 2. The number of nitrogens with zero attached hydrogens (tertiary/aromatic N) is 1. The Morgan fingerprint density at radius 3 is 2.55 bits per heavy atom. The minimum absolute atomic E-state index is 0.0143. The van der Waals surface area contributed by atoms with Gasteiger partial charge in [-0.25, -0.2) is 4.79 Å². The number of nitrogens with one attached hydrogen (secondary N) is 2.